The third kappa shape index (κ3) is 11.3. The van der Waals surface area contributed by atoms with E-state index in [4.69, 9.17) is 14.2 Å². The Morgan fingerprint density at radius 1 is 0.750 bits per heavy atom. The standard InChI is InChI=1S/C29H49F3O8/c1-14-27(12,23(36)40-25(7,8)9)17-28(13,15-18(2)21(34)39-26(10,11)24(4,5)6)22(35)37-16-20(33)38-19(3)29(30,31)32/h18-19H,14-17H2,1-13H3. The number of hydrogen-bond donors (Lipinski definition) is 0. The molecule has 0 N–H and O–H groups in total. The summed E-state index contributed by atoms with van der Waals surface area (Å²) in [6.45, 7) is 20.4. The summed E-state index contributed by atoms with van der Waals surface area (Å²) in [7, 11) is 0. The van der Waals surface area contributed by atoms with Gasteiger partial charge in [0.1, 0.15) is 11.2 Å². The number of esters is 4. The van der Waals surface area contributed by atoms with E-state index in [2.05, 4.69) is 4.74 Å². The zero-order valence-electron chi connectivity index (χ0n) is 26.4. The molecule has 0 saturated heterocycles. The highest BCUT2D eigenvalue weighted by atomic mass is 19.4. The van der Waals surface area contributed by atoms with Gasteiger partial charge in [-0.1, -0.05) is 34.6 Å². The molecule has 0 aliphatic rings. The average Bonchev–Trinajstić information content (AvgIpc) is 2.74. The molecule has 0 heterocycles. The summed E-state index contributed by atoms with van der Waals surface area (Å²) >= 11 is 0. The summed E-state index contributed by atoms with van der Waals surface area (Å²) in [5.41, 5.74) is -4.76. The zero-order chi connectivity index (χ0) is 32.1. The fourth-order valence-corrected chi connectivity index (χ4v) is 3.69. The van der Waals surface area contributed by atoms with Crippen LogP contribution in [0.4, 0.5) is 13.2 Å². The second-order valence-electron chi connectivity index (χ2n) is 13.7. The van der Waals surface area contributed by atoms with E-state index in [9.17, 15) is 32.3 Å². The highest BCUT2D eigenvalue weighted by Gasteiger charge is 2.49. The van der Waals surface area contributed by atoms with Crippen LogP contribution in [-0.2, 0) is 38.1 Å². The minimum Gasteiger partial charge on any atom is -0.460 e. The van der Waals surface area contributed by atoms with E-state index >= 15 is 0 Å². The molecule has 0 bridgehead atoms. The van der Waals surface area contributed by atoms with E-state index < -0.39 is 76.1 Å². The van der Waals surface area contributed by atoms with E-state index in [-0.39, 0.29) is 19.3 Å². The van der Waals surface area contributed by atoms with Crippen molar-refractivity contribution in [2.75, 3.05) is 6.61 Å². The number of rotatable bonds is 12. The lowest BCUT2D eigenvalue weighted by atomic mass is 9.68. The molecule has 0 aliphatic carbocycles. The minimum atomic E-state index is -4.78. The molecule has 0 saturated carbocycles. The van der Waals surface area contributed by atoms with Crippen LogP contribution >= 0.6 is 0 Å². The van der Waals surface area contributed by atoms with Gasteiger partial charge in [-0.2, -0.15) is 13.2 Å². The number of alkyl halides is 3. The number of ether oxygens (including phenoxy) is 4. The van der Waals surface area contributed by atoms with Crippen LogP contribution in [0.3, 0.4) is 0 Å². The number of halogens is 3. The summed E-state index contributed by atoms with van der Waals surface area (Å²) < 4.78 is 59.0. The van der Waals surface area contributed by atoms with E-state index in [0.717, 1.165) is 0 Å². The zero-order valence-corrected chi connectivity index (χ0v) is 26.4. The van der Waals surface area contributed by atoms with Gasteiger partial charge in [0.05, 0.1) is 16.7 Å². The molecule has 0 radical (unpaired) electrons. The smallest absolute Gasteiger partial charge is 0.425 e. The largest absolute Gasteiger partial charge is 0.460 e. The molecule has 40 heavy (non-hydrogen) atoms. The van der Waals surface area contributed by atoms with E-state index in [0.29, 0.717) is 6.92 Å². The second kappa shape index (κ2) is 13.1. The monoisotopic (exact) mass is 582 g/mol. The molecule has 0 aliphatic heterocycles. The van der Waals surface area contributed by atoms with Crippen molar-refractivity contribution < 1.29 is 51.3 Å². The SMILES string of the molecule is CCC(C)(CC(C)(CC(C)C(=O)OC(C)(C)C(C)(C)C)C(=O)OCC(=O)OC(C)C(F)(F)F)C(=O)OC(C)(C)C. The summed E-state index contributed by atoms with van der Waals surface area (Å²) in [6.07, 6.45) is -7.15. The summed E-state index contributed by atoms with van der Waals surface area (Å²) in [4.78, 5) is 51.6. The van der Waals surface area contributed by atoms with E-state index in [1.165, 1.54) is 6.92 Å². The Hall–Kier alpha value is -2.33. The highest BCUT2D eigenvalue weighted by molar-refractivity contribution is 5.83. The lowest BCUT2D eigenvalue weighted by Gasteiger charge is -2.40. The fraction of sp³-hybridized carbons (Fsp3) is 0.862. The highest BCUT2D eigenvalue weighted by Crippen LogP contribution is 2.44. The van der Waals surface area contributed by atoms with Crippen molar-refractivity contribution in [2.24, 2.45) is 22.2 Å². The van der Waals surface area contributed by atoms with Gasteiger partial charge in [0.25, 0.3) is 0 Å². The maximum atomic E-state index is 13.4. The van der Waals surface area contributed by atoms with Crippen molar-refractivity contribution >= 4 is 23.9 Å². The summed E-state index contributed by atoms with van der Waals surface area (Å²) in [6, 6.07) is 0. The molecule has 11 heteroatoms. The summed E-state index contributed by atoms with van der Waals surface area (Å²) in [5, 5.41) is 0. The van der Waals surface area contributed by atoms with Gasteiger partial charge in [0, 0.05) is 5.41 Å². The predicted molar refractivity (Wildman–Crippen MR) is 143 cm³/mol. The van der Waals surface area contributed by atoms with Crippen molar-refractivity contribution in [2.45, 2.75) is 133 Å². The molecule has 0 aromatic heterocycles. The van der Waals surface area contributed by atoms with Crippen molar-refractivity contribution in [1.29, 1.82) is 0 Å². The van der Waals surface area contributed by atoms with Gasteiger partial charge < -0.3 is 18.9 Å². The molecular formula is C29H49F3O8. The van der Waals surface area contributed by atoms with Gasteiger partial charge in [0.15, 0.2) is 12.7 Å². The van der Waals surface area contributed by atoms with Gasteiger partial charge in [-0.25, -0.2) is 4.79 Å². The number of carbonyl (C=O) groups excluding carboxylic acids is 4. The van der Waals surface area contributed by atoms with Gasteiger partial charge in [0.2, 0.25) is 0 Å². The van der Waals surface area contributed by atoms with Crippen LogP contribution in [0, 0.1) is 22.2 Å². The summed E-state index contributed by atoms with van der Waals surface area (Å²) in [5.74, 6) is -4.33. The maximum Gasteiger partial charge on any atom is 0.425 e. The van der Waals surface area contributed by atoms with Crippen LogP contribution in [0.5, 0.6) is 0 Å². The molecule has 8 nitrogen and oxygen atoms in total. The fourth-order valence-electron chi connectivity index (χ4n) is 3.69. The lowest BCUT2D eigenvalue weighted by Crippen LogP contribution is -2.45. The molecule has 0 amide bonds. The van der Waals surface area contributed by atoms with Crippen LogP contribution in [0.2, 0.25) is 0 Å². The number of carbonyl (C=O) groups is 4. The molecule has 0 rings (SSSR count). The molecule has 234 valence electrons. The van der Waals surface area contributed by atoms with E-state index in [1.54, 1.807) is 55.4 Å². The van der Waals surface area contributed by atoms with Crippen LogP contribution in [0.15, 0.2) is 0 Å². The first-order valence-electron chi connectivity index (χ1n) is 13.5. The minimum absolute atomic E-state index is 0.126. The third-order valence-corrected chi connectivity index (χ3v) is 7.36. The van der Waals surface area contributed by atoms with Crippen LogP contribution < -0.4 is 0 Å². The average molecular weight is 583 g/mol. The predicted octanol–water partition coefficient (Wildman–Crippen LogP) is 6.57. The van der Waals surface area contributed by atoms with Crippen molar-refractivity contribution in [3.8, 4) is 0 Å². The van der Waals surface area contributed by atoms with Crippen LogP contribution in [-0.4, -0.2) is 54.0 Å². The Morgan fingerprint density at radius 2 is 1.25 bits per heavy atom. The van der Waals surface area contributed by atoms with Crippen molar-refractivity contribution in [3.63, 3.8) is 0 Å². The molecule has 0 fully saturated rings. The first-order valence-corrected chi connectivity index (χ1v) is 13.5. The molecule has 0 aromatic rings. The topological polar surface area (TPSA) is 105 Å². The van der Waals surface area contributed by atoms with E-state index in [1.807, 2.05) is 20.8 Å². The number of hydrogen-bond acceptors (Lipinski definition) is 8. The molecular weight excluding hydrogens is 533 g/mol. The van der Waals surface area contributed by atoms with Crippen molar-refractivity contribution in [1.82, 2.24) is 0 Å². The Kier molecular flexibility index (Phi) is 12.3. The maximum absolute atomic E-state index is 13.4. The quantitative estimate of drug-likeness (QED) is 0.188. The van der Waals surface area contributed by atoms with Crippen LogP contribution in [0.25, 0.3) is 0 Å². The second-order valence-corrected chi connectivity index (χ2v) is 13.7. The third-order valence-electron chi connectivity index (χ3n) is 7.36. The first kappa shape index (κ1) is 37.7. The normalized spacial score (nSPS) is 17.5. The Labute approximate surface area is 237 Å². The molecule has 0 aromatic carbocycles. The van der Waals surface area contributed by atoms with Gasteiger partial charge in [-0.15, -0.1) is 0 Å². The molecule has 4 unspecified atom stereocenters. The molecule has 0 spiro atoms. The van der Waals surface area contributed by atoms with Gasteiger partial charge in [-0.05, 0) is 74.7 Å². The lowest BCUT2D eigenvalue weighted by molar-refractivity contribution is -0.218. The first-order chi connectivity index (χ1) is 17.6. The van der Waals surface area contributed by atoms with Gasteiger partial charge >= 0.3 is 30.1 Å². The Balaban J connectivity index is 6.13. The van der Waals surface area contributed by atoms with Crippen molar-refractivity contribution in [3.05, 3.63) is 0 Å². The van der Waals surface area contributed by atoms with Crippen LogP contribution in [0.1, 0.15) is 109 Å². The Bertz CT molecular complexity index is 914. The van der Waals surface area contributed by atoms with Gasteiger partial charge in [-0.3, -0.25) is 14.4 Å². The Morgan fingerprint density at radius 3 is 1.65 bits per heavy atom. The molecule has 4 atom stereocenters.